The predicted octanol–water partition coefficient (Wildman–Crippen LogP) is 1.74. The fraction of sp³-hybridized carbons (Fsp3) is 0.600. The standard InChI is InChI=1S/C20H29N3O5S/c1-21(18-6-4-3-5-7-18)29(26,27)23-14-12-22(13-15-23)19(24)16-8-10-17(11-9-16)20(25)28-2/h8-11,18H,3-7,12-15H2,1-2H3. The van der Waals surface area contributed by atoms with E-state index in [9.17, 15) is 18.0 Å². The van der Waals surface area contributed by atoms with Gasteiger partial charge in [-0.1, -0.05) is 19.3 Å². The highest BCUT2D eigenvalue weighted by Gasteiger charge is 2.35. The summed E-state index contributed by atoms with van der Waals surface area (Å²) in [6, 6.07) is 6.36. The highest BCUT2D eigenvalue weighted by atomic mass is 32.2. The van der Waals surface area contributed by atoms with E-state index in [1.807, 2.05) is 0 Å². The summed E-state index contributed by atoms with van der Waals surface area (Å²) < 4.78 is 33.6. The molecule has 0 aromatic heterocycles. The van der Waals surface area contributed by atoms with E-state index < -0.39 is 16.2 Å². The van der Waals surface area contributed by atoms with Gasteiger partial charge in [0.15, 0.2) is 0 Å². The summed E-state index contributed by atoms with van der Waals surface area (Å²) in [6.45, 7) is 1.25. The molecule has 1 aromatic carbocycles. The molecule has 1 aliphatic heterocycles. The number of rotatable bonds is 5. The fourth-order valence-electron chi connectivity index (χ4n) is 3.99. The van der Waals surface area contributed by atoms with E-state index in [1.165, 1.54) is 22.1 Å². The van der Waals surface area contributed by atoms with Gasteiger partial charge in [0, 0.05) is 44.8 Å². The molecular formula is C20H29N3O5S. The van der Waals surface area contributed by atoms with Crippen LogP contribution in [0.25, 0.3) is 0 Å². The molecule has 0 bridgehead atoms. The van der Waals surface area contributed by atoms with Crippen molar-refractivity contribution in [2.24, 2.45) is 0 Å². The minimum absolute atomic E-state index is 0.0711. The second-order valence-electron chi connectivity index (χ2n) is 7.58. The van der Waals surface area contributed by atoms with Crippen LogP contribution in [-0.2, 0) is 14.9 Å². The van der Waals surface area contributed by atoms with Crippen LogP contribution in [0, 0.1) is 0 Å². The van der Waals surface area contributed by atoms with E-state index in [4.69, 9.17) is 0 Å². The molecule has 0 atom stereocenters. The number of nitrogens with zero attached hydrogens (tertiary/aromatic N) is 3. The lowest BCUT2D eigenvalue weighted by Gasteiger charge is -2.38. The summed E-state index contributed by atoms with van der Waals surface area (Å²) in [4.78, 5) is 25.9. The number of piperazine rings is 1. The molecule has 8 nitrogen and oxygen atoms in total. The van der Waals surface area contributed by atoms with Crippen LogP contribution in [0.3, 0.4) is 0 Å². The van der Waals surface area contributed by atoms with Crippen molar-refractivity contribution in [1.82, 2.24) is 13.5 Å². The third-order valence-electron chi connectivity index (χ3n) is 5.86. The first-order chi connectivity index (χ1) is 13.8. The van der Waals surface area contributed by atoms with Gasteiger partial charge in [-0.3, -0.25) is 4.79 Å². The van der Waals surface area contributed by atoms with E-state index in [-0.39, 0.29) is 25.0 Å². The van der Waals surface area contributed by atoms with Gasteiger partial charge >= 0.3 is 5.97 Å². The van der Waals surface area contributed by atoms with Crippen molar-refractivity contribution in [1.29, 1.82) is 0 Å². The average molecular weight is 424 g/mol. The molecule has 1 saturated heterocycles. The average Bonchev–Trinajstić information content (AvgIpc) is 2.78. The Labute approximate surface area is 172 Å². The van der Waals surface area contributed by atoms with Gasteiger partial charge in [0.2, 0.25) is 0 Å². The number of hydrogen-bond donors (Lipinski definition) is 0. The van der Waals surface area contributed by atoms with Crippen LogP contribution in [0.5, 0.6) is 0 Å². The van der Waals surface area contributed by atoms with Crippen molar-refractivity contribution >= 4 is 22.1 Å². The lowest BCUT2D eigenvalue weighted by Crippen LogP contribution is -2.55. The predicted molar refractivity (Wildman–Crippen MR) is 109 cm³/mol. The smallest absolute Gasteiger partial charge is 0.337 e. The molecule has 0 radical (unpaired) electrons. The second kappa shape index (κ2) is 9.23. The summed E-state index contributed by atoms with van der Waals surface area (Å²) in [5.74, 6) is -0.621. The fourth-order valence-corrected chi connectivity index (χ4v) is 5.56. The lowest BCUT2D eigenvalue weighted by molar-refractivity contribution is 0.0599. The van der Waals surface area contributed by atoms with Gasteiger partial charge in [-0.25, -0.2) is 4.79 Å². The largest absolute Gasteiger partial charge is 0.465 e. The Morgan fingerprint density at radius 1 is 0.966 bits per heavy atom. The Balaban J connectivity index is 1.59. The topological polar surface area (TPSA) is 87.2 Å². The van der Waals surface area contributed by atoms with Gasteiger partial charge in [0.1, 0.15) is 0 Å². The monoisotopic (exact) mass is 423 g/mol. The molecular weight excluding hydrogens is 394 g/mol. The number of benzene rings is 1. The molecule has 0 spiro atoms. The van der Waals surface area contributed by atoms with Gasteiger partial charge in [-0.05, 0) is 37.1 Å². The zero-order valence-corrected chi connectivity index (χ0v) is 17.9. The Hall–Kier alpha value is -1.97. The first kappa shape index (κ1) is 21.7. The van der Waals surface area contributed by atoms with E-state index in [1.54, 1.807) is 36.2 Å². The van der Waals surface area contributed by atoms with Gasteiger partial charge in [0.05, 0.1) is 12.7 Å². The zero-order chi connectivity index (χ0) is 21.0. The third-order valence-corrected chi connectivity index (χ3v) is 7.90. The minimum Gasteiger partial charge on any atom is -0.465 e. The van der Waals surface area contributed by atoms with Crippen molar-refractivity contribution in [2.75, 3.05) is 40.3 Å². The van der Waals surface area contributed by atoms with Gasteiger partial charge in [-0.15, -0.1) is 0 Å². The minimum atomic E-state index is -3.52. The maximum absolute atomic E-state index is 13.0. The highest BCUT2D eigenvalue weighted by Crippen LogP contribution is 2.25. The number of amides is 1. The molecule has 1 aliphatic carbocycles. The maximum Gasteiger partial charge on any atom is 0.337 e. The van der Waals surface area contributed by atoms with Crippen LogP contribution in [0.2, 0.25) is 0 Å². The van der Waals surface area contributed by atoms with Crippen LogP contribution in [-0.4, -0.2) is 80.2 Å². The van der Waals surface area contributed by atoms with Crippen molar-refractivity contribution in [3.8, 4) is 0 Å². The Bertz CT molecular complexity index is 826. The summed E-state index contributed by atoms with van der Waals surface area (Å²) in [6.07, 6.45) is 5.14. The van der Waals surface area contributed by atoms with Crippen molar-refractivity contribution in [3.05, 3.63) is 35.4 Å². The molecule has 1 amide bonds. The third kappa shape index (κ3) is 4.79. The van der Waals surface area contributed by atoms with Crippen LogP contribution in [0.1, 0.15) is 52.8 Å². The summed E-state index contributed by atoms with van der Waals surface area (Å²) in [5, 5.41) is 0. The van der Waals surface area contributed by atoms with Crippen LogP contribution in [0.15, 0.2) is 24.3 Å². The molecule has 2 aliphatic rings. The van der Waals surface area contributed by atoms with Crippen LogP contribution < -0.4 is 0 Å². The van der Waals surface area contributed by atoms with E-state index >= 15 is 0 Å². The van der Waals surface area contributed by atoms with E-state index in [0.29, 0.717) is 24.2 Å². The van der Waals surface area contributed by atoms with E-state index in [0.717, 1.165) is 25.7 Å². The van der Waals surface area contributed by atoms with E-state index in [2.05, 4.69) is 4.74 Å². The normalized spacial score (nSPS) is 19.3. The van der Waals surface area contributed by atoms with Crippen molar-refractivity contribution in [2.45, 2.75) is 38.1 Å². The van der Waals surface area contributed by atoms with Crippen molar-refractivity contribution in [3.63, 3.8) is 0 Å². The molecule has 160 valence electrons. The highest BCUT2D eigenvalue weighted by molar-refractivity contribution is 7.86. The zero-order valence-electron chi connectivity index (χ0n) is 17.0. The molecule has 1 saturated carbocycles. The number of ether oxygens (including phenoxy) is 1. The number of carbonyl (C=O) groups excluding carboxylic acids is 2. The SMILES string of the molecule is COC(=O)c1ccc(C(=O)N2CCN(S(=O)(=O)N(C)C3CCCCC3)CC2)cc1. The number of carbonyl (C=O) groups is 2. The first-order valence-corrected chi connectivity index (χ1v) is 11.4. The van der Waals surface area contributed by atoms with Gasteiger partial charge in [0.25, 0.3) is 16.1 Å². The number of methoxy groups -OCH3 is 1. The number of hydrogen-bond acceptors (Lipinski definition) is 5. The molecule has 1 heterocycles. The number of esters is 1. The molecule has 1 aromatic rings. The summed E-state index contributed by atoms with van der Waals surface area (Å²) in [7, 11) is -0.538. The Morgan fingerprint density at radius 2 is 1.52 bits per heavy atom. The Kier molecular flexibility index (Phi) is 6.92. The van der Waals surface area contributed by atoms with Gasteiger partial charge < -0.3 is 9.64 Å². The molecule has 3 rings (SSSR count). The van der Waals surface area contributed by atoms with Crippen LogP contribution >= 0.6 is 0 Å². The quantitative estimate of drug-likeness (QED) is 0.674. The second-order valence-corrected chi connectivity index (χ2v) is 9.56. The summed E-state index contributed by atoms with van der Waals surface area (Å²) in [5.41, 5.74) is 0.846. The van der Waals surface area contributed by atoms with Crippen molar-refractivity contribution < 1.29 is 22.7 Å². The van der Waals surface area contributed by atoms with Gasteiger partial charge in [-0.2, -0.15) is 17.0 Å². The Morgan fingerprint density at radius 3 is 2.07 bits per heavy atom. The lowest BCUT2D eigenvalue weighted by atomic mass is 9.96. The molecule has 2 fully saturated rings. The molecule has 9 heteroatoms. The first-order valence-electron chi connectivity index (χ1n) is 10.1. The van der Waals surface area contributed by atoms with Crippen LogP contribution in [0.4, 0.5) is 0 Å². The molecule has 0 unspecified atom stereocenters. The summed E-state index contributed by atoms with van der Waals surface area (Å²) >= 11 is 0. The molecule has 29 heavy (non-hydrogen) atoms. The molecule has 0 N–H and O–H groups in total. The maximum atomic E-state index is 13.0.